The minimum atomic E-state index is 0.308. The van der Waals surface area contributed by atoms with Crippen LogP contribution < -0.4 is 0 Å². The Morgan fingerprint density at radius 1 is 1.12 bits per heavy atom. The number of hydrogen-bond acceptors (Lipinski definition) is 0. The SMILES string of the molecule is CCCCc1ccc(C(C)(CC)CC)c(Br)c1. The molecular weight excluding hydrogens is 272 g/mol. The summed E-state index contributed by atoms with van der Waals surface area (Å²) in [7, 11) is 0. The van der Waals surface area contributed by atoms with E-state index in [-0.39, 0.29) is 0 Å². The molecule has 1 aromatic carbocycles. The van der Waals surface area contributed by atoms with Crippen LogP contribution in [0.15, 0.2) is 22.7 Å². The maximum Gasteiger partial charge on any atom is 0.0215 e. The molecule has 1 heteroatoms. The van der Waals surface area contributed by atoms with Crippen LogP contribution in [0.3, 0.4) is 0 Å². The Balaban J connectivity index is 2.96. The van der Waals surface area contributed by atoms with E-state index in [2.05, 4.69) is 61.8 Å². The van der Waals surface area contributed by atoms with Crippen molar-refractivity contribution >= 4 is 15.9 Å². The Morgan fingerprint density at radius 2 is 1.76 bits per heavy atom. The number of halogens is 1. The first-order valence-corrected chi connectivity index (χ1v) is 7.65. The highest BCUT2D eigenvalue weighted by molar-refractivity contribution is 9.10. The normalized spacial score (nSPS) is 11.8. The van der Waals surface area contributed by atoms with Gasteiger partial charge in [0.15, 0.2) is 0 Å². The van der Waals surface area contributed by atoms with Crippen LogP contribution in [0.1, 0.15) is 64.5 Å². The lowest BCUT2D eigenvalue weighted by Gasteiger charge is -2.28. The molecule has 0 aliphatic heterocycles. The molecule has 0 bridgehead atoms. The van der Waals surface area contributed by atoms with Crippen LogP contribution in [0.2, 0.25) is 0 Å². The molecule has 17 heavy (non-hydrogen) atoms. The molecule has 0 heterocycles. The van der Waals surface area contributed by atoms with Gasteiger partial charge in [-0.25, -0.2) is 0 Å². The molecule has 0 saturated heterocycles. The van der Waals surface area contributed by atoms with E-state index in [1.165, 1.54) is 47.7 Å². The smallest absolute Gasteiger partial charge is 0.0215 e. The van der Waals surface area contributed by atoms with E-state index < -0.39 is 0 Å². The molecule has 0 saturated carbocycles. The van der Waals surface area contributed by atoms with E-state index in [0.717, 1.165) is 0 Å². The van der Waals surface area contributed by atoms with Crippen LogP contribution in [0.4, 0.5) is 0 Å². The van der Waals surface area contributed by atoms with Crippen LogP contribution in [-0.2, 0) is 11.8 Å². The van der Waals surface area contributed by atoms with E-state index >= 15 is 0 Å². The number of benzene rings is 1. The zero-order valence-corrected chi connectivity index (χ0v) is 13.2. The number of rotatable bonds is 6. The first-order valence-electron chi connectivity index (χ1n) is 6.86. The minimum absolute atomic E-state index is 0.308. The standard InChI is InChI=1S/C16H25Br/c1-5-8-9-13-10-11-14(15(17)12-13)16(4,6-2)7-3/h10-12H,5-9H2,1-4H3. The molecule has 1 rings (SSSR count). The fraction of sp³-hybridized carbons (Fsp3) is 0.625. The van der Waals surface area contributed by atoms with Crippen molar-refractivity contribution in [2.45, 2.75) is 65.2 Å². The summed E-state index contributed by atoms with van der Waals surface area (Å²) >= 11 is 3.76. The van der Waals surface area contributed by atoms with Gasteiger partial charge < -0.3 is 0 Å². The van der Waals surface area contributed by atoms with Gasteiger partial charge in [-0.15, -0.1) is 0 Å². The summed E-state index contributed by atoms with van der Waals surface area (Å²) in [6, 6.07) is 6.94. The predicted molar refractivity (Wildman–Crippen MR) is 80.7 cm³/mol. The lowest BCUT2D eigenvalue weighted by molar-refractivity contribution is 0.437. The second kappa shape index (κ2) is 6.58. The van der Waals surface area contributed by atoms with Crippen LogP contribution in [0.5, 0.6) is 0 Å². The van der Waals surface area contributed by atoms with Crippen LogP contribution in [0.25, 0.3) is 0 Å². The van der Waals surface area contributed by atoms with E-state index in [9.17, 15) is 0 Å². The van der Waals surface area contributed by atoms with Gasteiger partial charge >= 0.3 is 0 Å². The van der Waals surface area contributed by atoms with Gasteiger partial charge in [-0.05, 0) is 48.3 Å². The minimum Gasteiger partial charge on any atom is -0.0654 e. The second-order valence-electron chi connectivity index (χ2n) is 5.19. The lowest BCUT2D eigenvalue weighted by atomic mass is 9.77. The molecule has 0 radical (unpaired) electrons. The largest absolute Gasteiger partial charge is 0.0654 e. The molecule has 0 fully saturated rings. The first kappa shape index (κ1) is 14.8. The predicted octanol–water partition coefficient (Wildman–Crippen LogP) is 5.87. The first-order chi connectivity index (χ1) is 8.07. The Bertz CT molecular complexity index is 351. The van der Waals surface area contributed by atoms with Gasteiger partial charge in [0.25, 0.3) is 0 Å². The monoisotopic (exact) mass is 296 g/mol. The Kier molecular flexibility index (Phi) is 5.72. The molecule has 0 N–H and O–H groups in total. The molecule has 0 atom stereocenters. The van der Waals surface area contributed by atoms with Gasteiger partial charge in [0.2, 0.25) is 0 Å². The molecule has 0 spiro atoms. The zero-order chi connectivity index (χ0) is 12.9. The summed E-state index contributed by atoms with van der Waals surface area (Å²) in [5, 5.41) is 0. The average Bonchev–Trinajstić information content (AvgIpc) is 2.35. The fourth-order valence-electron chi connectivity index (χ4n) is 2.22. The molecule has 0 aromatic heterocycles. The van der Waals surface area contributed by atoms with Crippen LogP contribution >= 0.6 is 15.9 Å². The van der Waals surface area contributed by atoms with Gasteiger partial charge in [0.05, 0.1) is 0 Å². The van der Waals surface area contributed by atoms with E-state index in [0.29, 0.717) is 5.41 Å². The summed E-state index contributed by atoms with van der Waals surface area (Å²) in [6.07, 6.45) is 6.13. The van der Waals surface area contributed by atoms with Gasteiger partial charge in [-0.2, -0.15) is 0 Å². The summed E-state index contributed by atoms with van der Waals surface area (Å²) in [5.74, 6) is 0. The van der Waals surface area contributed by atoms with E-state index in [1.807, 2.05) is 0 Å². The third kappa shape index (κ3) is 3.58. The molecular formula is C16H25Br. The number of aryl methyl sites for hydroxylation is 1. The van der Waals surface area contributed by atoms with E-state index in [4.69, 9.17) is 0 Å². The molecule has 1 aromatic rings. The summed E-state index contributed by atoms with van der Waals surface area (Å²) in [6.45, 7) is 9.16. The van der Waals surface area contributed by atoms with Crippen molar-refractivity contribution in [1.29, 1.82) is 0 Å². The van der Waals surface area contributed by atoms with Crippen LogP contribution in [0, 0.1) is 0 Å². The summed E-state index contributed by atoms with van der Waals surface area (Å²) in [5.41, 5.74) is 3.22. The van der Waals surface area contributed by atoms with Crippen molar-refractivity contribution in [3.8, 4) is 0 Å². The molecule has 0 unspecified atom stereocenters. The maximum absolute atomic E-state index is 3.76. The third-order valence-electron chi connectivity index (χ3n) is 4.06. The molecule has 0 nitrogen and oxygen atoms in total. The van der Waals surface area contributed by atoms with Crippen molar-refractivity contribution in [3.05, 3.63) is 33.8 Å². The lowest BCUT2D eigenvalue weighted by Crippen LogP contribution is -2.20. The van der Waals surface area contributed by atoms with Gasteiger partial charge in [0, 0.05) is 4.47 Å². The third-order valence-corrected chi connectivity index (χ3v) is 4.72. The van der Waals surface area contributed by atoms with Crippen LogP contribution in [-0.4, -0.2) is 0 Å². The number of hydrogen-bond donors (Lipinski definition) is 0. The van der Waals surface area contributed by atoms with Crippen molar-refractivity contribution in [3.63, 3.8) is 0 Å². The van der Waals surface area contributed by atoms with Crippen molar-refractivity contribution in [1.82, 2.24) is 0 Å². The highest BCUT2D eigenvalue weighted by atomic mass is 79.9. The summed E-state index contributed by atoms with van der Waals surface area (Å²) in [4.78, 5) is 0. The van der Waals surface area contributed by atoms with Gasteiger partial charge in [-0.1, -0.05) is 62.2 Å². The van der Waals surface area contributed by atoms with Crippen molar-refractivity contribution in [2.75, 3.05) is 0 Å². The molecule has 0 aliphatic rings. The molecule has 0 amide bonds. The van der Waals surface area contributed by atoms with Crippen molar-refractivity contribution < 1.29 is 0 Å². The Morgan fingerprint density at radius 3 is 2.24 bits per heavy atom. The zero-order valence-electron chi connectivity index (χ0n) is 11.6. The highest BCUT2D eigenvalue weighted by Gasteiger charge is 2.24. The molecule has 96 valence electrons. The Hall–Kier alpha value is -0.300. The quantitative estimate of drug-likeness (QED) is 0.616. The molecule has 0 aliphatic carbocycles. The Labute approximate surface area is 115 Å². The topological polar surface area (TPSA) is 0 Å². The fourth-order valence-corrected chi connectivity index (χ4v) is 3.12. The second-order valence-corrected chi connectivity index (χ2v) is 6.04. The van der Waals surface area contributed by atoms with Crippen molar-refractivity contribution in [2.24, 2.45) is 0 Å². The van der Waals surface area contributed by atoms with Gasteiger partial charge in [-0.3, -0.25) is 0 Å². The maximum atomic E-state index is 3.76. The summed E-state index contributed by atoms with van der Waals surface area (Å²) < 4.78 is 1.29. The number of unbranched alkanes of at least 4 members (excludes halogenated alkanes) is 1. The van der Waals surface area contributed by atoms with Gasteiger partial charge in [0.1, 0.15) is 0 Å². The van der Waals surface area contributed by atoms with E-state index in [1.54, 1.807) is 0 Å². The highest BCUT2D eigenvalue weighted by Crippen LogP contribution is 2.36. The average molecular weight is 297 g/mol.